The van der Waals surface area contributed by atoms with Crippen LogP contribution in [0.25, 0.3) is 11.0 Å². The van der Waals surface area contributed by atoms with Crippen molar-refractivity contribution >= 4 is 39.9 Å². The van der Waals surface area contributed by atoms with Crippen LogP contribution in [0.1, 0.15) is 11.1 Å². The summed E-state index contributed by atoms with van der Waals surface area (Å²) in [6.07, 6.45) is 1.52. The van der Waals surface area contributed by atoms with E-state index in [2.05, 4.69) is 36.9 Å². The van der Waals surface area contributed by atoms with E-state index in [1.54, 1.807) is 50.5 Å². The molecule has 7 N–H and O–H groups in total. The number of para-hydroxylation sites is 1. The number of H-pyrrole nitrogens is 1. The molecule has 3 aromatic heterocycles. The van der Waals surface area contributed by atoms with Crippen LogP contribution in [0.15, 0.2) is 52.5 Å². The normalized spacial score (nSPS) is 11.2. The van der Waals surface area contributed by atoms with Crippen molar-refractivity contribution in [1.29, 1.82) is 5.26 Å². The molecule has 13 heteroatoms. The minimum Gasteiger partial charge on any atom is -0.494 e. The third-order valence-corrected chi connectivity index (χ3v) is 4.99. The van der Waals surface area contributed by atoms with Crippen molar-refractivity contribution in [3.05, 3.63) is 64.1 Å². The molecule has 0 aliphatic rings. The number of methoxy groups -OCH3 is 1. The van der Waals surface area contributed by atoms with Gasteiger partial charge in [0, 0.05) is 26.4 Å². The van der Waals surface area contributed by atoms with Gasteiger partial charge in [-0.25, -0.2) is 20.9 Å². The molecule has 0 amide bonds. The molecule has 1 aromatic carbocycles. The van der Waals surface area contributed by atoms with Crippen LogP contribution in [0.4, 0.5) is 23.0 Å². The number of nitrogens with two attached hydrogens (primary N) is 2. The molecule has 35 heavy (non-hydrogen) atoms. The number of ether oxygens (including phenoxy) is 1. The molecule has 4 rings (SSSR count). The first kappa shape index (κ1) is 23.1. The summed E-state index contributed by atoms with van der Waals surface area (Å²) >= 11 is 0. The molecule has 0 unspecified atom stereocenters. The van der Waals surface area contributed by atoms with Gasteiger partial charge in [-0.3, -0.25) is 14.6 Å². The number of nitrogens with one attached hydrogen (secondary N) is 3. The summed E-state index contributed by atoms with van der Waals surface area (Å²) in [6.45, 7) is 0. The average Bonchev–Trinajstić information content (AvgIpc) is 3.11. The fourth-order valence-corrected chi connectivity index (χ4v) is 3.51. The van der Waals surface area contributed by atoms with Crippen molar-refractivity contribution < 1.29 is 4.74 Å². The average molecular weight is 474 g/mol. The van der Waals surface area contributed by atoms with Crippen molar-refractivity contribution in [1.82, 2.24) is 24.9 Å². The topological polar surface area (TPSA) is 188 Å². The molecule has 0 fully saturated rings. The Bertz CT molecular complexity index is 1530. The molecule has 0 saturated carbocycles. The fraction of sp³-hybridized carbons (Fsp3) is 0.136. The predicted octanol–water partition coefficient (Wildman–Crippen LogP) is 1.45. The molecule has 13 nitrogen and oxygen atoms in total. The molecule has 4 aromatic rings. The van der Waals surface area contributed by atoms with Crippen molar-refractivity contribution in [3.63, 3.8) is 0 Å². The van der Waals surface area contributed by atoms with Crippen LogP contribution in [0, 0.1) is 11.3 Å². The third-order valence-electron chi connectivity index (χ3n) is 4.99. The fourth-order valence-electron chi connectivity index (χ4n) is 3.51. The summed E-state index contributed by atoms with van der Waals surface area (Å²) in [5, 5.41) is 23.9. The van der Waals surface area contributed by atoms with Gasteiger partial charge < -0.3 is 21.1 Å². The summed E-state index contributed by atoms with van der Waals surface area (Å²) in [6, 6.07) is 12.2. The van der Waals surface area contributed by atoms with Gasteiger partial charge in [0.2, 0.25) is 0 Å². The Morgan fingerprint density at radius 1 is 1.26 bits per heavy atom. The van der Waals surface area contributed by atoms with Gasteiger partial charge in [-0.05, 0) is 24.3 Å². The van der Waals surface area contributed by atoms with E-state index in [0.29, 0.717) is 50.9 Å². The highest BCUT2D eigenvalue weighted by molar-refractivity contribution is 6.02. The number of hydrazine groups is 1. The molecular weight excluding hydrogens is 450 g/mol. The minimum absolute atomic E-state index is 0.152. The van der Waals surface area contributed by atoms with Crippen LogP contribution < -0.4 is 32.5 Å². The Labute approximate surface area is 199 Å². The molecule has 0 spiro atoms. The maximum atomic E-state index is 12.8. The second-order valence-electron chi connectivity index (χ2n) is 7.49. The van der Waals surface area contributed by atoms with Crippen LogP contribution in [0.5, 0.6) is 5.75 Å². The number of rotatable bonds is 7. The number of anilines is 4. The molecule has 178 valence electrons. The number of hydrazone groups is 1. The van der Waals surface area contributed by atoms with E-state index in [4.69, 9.17) is 21.6 Å². The van der Waals surface area contributed by atoms with Gasteiger partial charge in [-0.15, -0.1) is 5.10 Å². The van der Waals surface area contributed by atoms with Crippen molar-refractivity contribution in [2.24, 2.45) is 23.7 Å². The highest BCUT2D eigenvalue weighted by Gasteiger charge is 2.18. The summed E-state index contributed by atoms with van der Waals surface area (Å²) in [5.74, 6) is 6.97. The van der Waals surface area contributed by atoms with Gasteiger partial charge in [0.15, 0.2) is 17.2 Å². The van der Waals surface area contributed by atoms with Gasteiger partial charge in [0.1, 0.15) is 17.0 Å². The van der Waals surface area contributed by atoms with E-state index in [9.17, 15) is 4.79 Å². The quantitative estimate of drug-likeness (QED) is 0.114. The monoisotopic (exact) mass is 473 g/mol. The molecule has 0 aliphatic heterocycles. The molecule has 0 saturated heterocycles. The highest BCUT2D eigenvalue weighted by atomic mass is 16.5. The third kappa shape index (κ3) is 4.68. The maximum Gasteiger partial charge on any atom is 0.277 e. The molecule has 0 aliphatic carbocycles. The number of aromatic nitrogens is 4. The van der Waals surface area contributed by atoms with E-state index in [-0.39, 0.29) is 11.4 Å². The smallest absolute Gasteiger partial charge is 0.277 e. The van der Waals surface area contributed by atoms with E-state index in [1.807, 2.05) is 0 Å². The standard InChI is InChI=1S/C22H23N11O2/c1-32-22(34)18-15(27-14-6-4-5-13(19(14)35-3)20(24)30-33(2)25)10-17(29-21(18)31-32)28-16-9-12(11-23)7-8-26-16/h4-10H,25H2,1-3H3,(H2,24,30)(H3,26,27,28,29,31). The number of pyridine rings is 2. The van der Waals surface area contributed by atoms with Crippen molar-refractivity contribution in [2.45, 2.75) is 0 Å². The number of hydrogen-bond acceptors (Lipinski definition) is 10. The summed E-state index contributed by atoms with van der Waals surface area (Å²) < 4.78 is 6.93. The van der Waals surface area contributed by atoms with Gasteiger partial charge in [0.25, 0.3) is 5.56 Å². The molecule has 0 radical (unpaired) electrons. The number of benzene rings is 1. The van der Waals surface area contributed by atoms with Crippen LogP contribution in [0.2, 0.25) is 0 Å². The van der Waals surface area contributed by atoms with Gasteiger partial charge in [-0.1, -0.05) is 6.07 Å². The number of hydrogen-bond donors (Lipinski definition) is 5. The van der Waals surface area contributed by atoms with Crippen LogP contribution in [-0.4, -0.2) is 44.9 Å². The zero-order chi connectivity index (χ0) is 25.1. The van der Waals surface area contributed by atoms with Crippen LogP contribution in [0.3, 0.4) is 0 Å². The number of aromatic amines is 1. The van der Waals surface area contributed by atoms with Crippen molar-refractivity contribution in [2.75, 3.05) is 24.8 Å². The second-order valence-corrected chi connectivity index (χ2v) is 7.49. The van der Waals surface area contributed by atoms with Crippen molar-refractivity contribution in [3.8, 4) is 11.8 Å². The Kier molecular flexibility index (Phi) is 6.21. The number of nitriles is 1. The zero-order valence-electron chi connectivity index (χ0n) is 19.2. The lowest BCUT2D eigenvalue weighted by Crippen LogP contribution is -2.26. The van der Waals surface area contributed by atoms with Gasteiger partial charge in [-0.2, -0.15) is 5.26 Å². The number of amidine groups is 1. The first-order chi connectivity index (χ1) is 16.8. The number of fused-ring (bicyclic) bond motifs is 1. The van der Waals surface area contributed by atoms with E-state index in [0.717, 1.165) is 5.12 Å². The number of aryl methyl sites for hydroxylation is 1. The van der Waals surface area contributed by atoms with E-state index >= 15 is 0 Å². The lowest BCUT2D eigenvalue weighted by Gasteiger charge is -2.16. The minimum atomic E-state index is -0.271. The SMILES string of the molecule is COc1c(Nc2cc(Nc3cc(C#N)ccn3)nc3[nH]n(C)c(=O)c23)cccc1/C(N)=N/N(C)N. The Balaban J connectivity index is 1.82. The lowest BCUT2D eigenvalue weighted by atomic mass is 10.1. The van der Waals surface area contributed by atoms with Gasteiger partial charge in [0.05, 0.1) is 35.7 Å². The molecular formula is C22H23N11O2. The molecule has 0 atom stereocenters. The summed E-state index contributed by atoms with van der Waals surface area (Å²) in [7, 11) is 4.65. The lowest BCUT2D eigenvalue weighted by molar-refractivity contribution is 0.371. The Morgan fingerprint density at radius 3 is 2.77 bits per heavy atom. The van der Waals surface area contributed by atoms with Gasteiger partial charge >= 0.3 is 0 Å². The highest BCUT2D eigenvalue weighted by Crippen LogP contribution is 2.34. The summed E-state index contributed by atoms with van der Waals surface area (Å²) in [5.41, 5.74) is 8.12. The largest absolute Gasteiger partial charge is 0.494 e. The summed E-state index contributed by atoms with van der Waals surface area (Å²) in [4.78, 5) is 21.5. The Hall–Kier alpha value is -5.09. The van der Waals surface area contributed by atoms with E-state index < -0.39 is 0 Å². The number of nitrogens with zero attached hydrogens (tertiary/aromatic N) is 6. The van der Waals surface area contributed by atoms with E-state index in [1.165, 1.54) is 18.0 Å². The molecule has 0 bridgehead atoms. The second kappa shape index (κ2) is 9.41. The van der Waals surface area contributed by atoms with Crippen LogP contribution in [-0.2, 0) is 7.05 Å². The first-order valence-corrected chi connectivity index (χ1v) is 10.3. The van der Waals surface area contributed by atoms with Crippen LogP contribution >= 0.6 is 0 Å². The first-order valence-electron chi connectivity index (χ1n) is 10.3. The molecule has 3 heterocycles. The zero-order valence-corrected chi connectivity index (χ0v) is 19.2. The Morgan fingerprint density at radius 2 is 2.06 bits per heavy atom. The maximum absolute atomic E-state index is 12.8. The predicted molar refractivity (Wildman–Crippen MR) is 133 cm³/mol.